The number of sulfonamides is 1. The smallest absolute Gasteiger partial charge is 0.317 e. The Morgan fingerprint density at radius 1 is 1.36 bits per heavy atom. The van der Waals surface area contributed by atoms with E-state index >= 15 is 0 Å². The number of carbonyl (C=O) groups is 1. The summed E-state index contributed by atoms with van der Waals surface area (Å²) in [4.78, 5) is 13.9. The number of carbonyl (C=O) groups excluding carboxylic acids is 1. The second kappa shape index (κ2) is 6.93. The largest absolute Gasteiger partial charge is 0.374 e. The number of ether oxygens (including phenoxy) is 1. The van der Waals surface area contributed by atoms with Gasteiger partial charge in [-0.3, -0.25) is 4.68 Å². The van der Waals surface area contributed by atoms with Gasteiger partial charge in [-0.1, -0.05) is 0 Å². The quantitative estimate of drug-likeness (QED) is 0.786. The van der Waals surface area contributed by atoms with E-state index in [0.717, 1.165) is 11.4 Å². The number of hydrogen-bond acceptors (Lipinski definition) is 5. The normalized spacial score (nSPS) is 22.7. The van der Waals surface area contributed by atoms with Crippen LogP contribution in [0.15, 0.2) is 6.07 Å². The Kier molecular flexibility index (Phi) is 5.03. The van der Waals surface area contributed by atoms with E-state index in [4.69, 9.17) is 4.74 Å². The average molecular weight is 371 g/mol. The predicted octanol–water partition coefficient (Wildman–Crippen LogP) is -0.273. The third kappa shape index (κ3) is 4.13. The van der Waals surface area contributed by atoms with Gasteiger partial charge in [-0.05, 0) is 19.9 Å². The highest BCUT2D eigenvalue weighted by molar-refractivity contribution is 7.88. The SMILES string of the molecule is Cc1cc(C)n(C2CN(C(=O)NCC3CN(S(C)(=O)=O)CCO3)C2)n1. The summed E-state index contributed by atoms with van der Waals surface area (Å²) in [5, 5.41) is 7.28. The Balaban J connectivity index is 1.44. The van der Waals surface area contributed by atoms with Crippen LogP contribution in [-0.4, -0.2) is 85.1 Å². The minimum Gasteiger partial charge on any atom is -0.374 e. The number of nitrogens with one attached hydrogen (secondary N) is 1. The molecule has 1 aromatic rings. The Hall–Kier alpha value is -1.65. The van der Waals surface area contributed by atoms with Crippen molar-refractivity contribution in [2.75, 3.05) is 45.6 Å². The highest BCUT2D eigenvalue weighted by Crippen LogP contribution is 2.22. The molecule has 9 nitrogen and oxygen atoms in total. The molecule has 1 aromatic heterocycles. The molecule has 0 radical (unpaired) electrons. The van der Waals surface area contributed by atoms with Gasteiger partial charge in [0.2, 0.25) is 10.0 Å². The maximum absolute atomic E-state index is 12.2. The maximum Gasteiger partial charge on any atom is 0.317 e. The number of morpholine rings is 1. The number of likely N-dealkylation sites (tertiary alicyclic amines) is 1. The molecule has 2 aliphatic heterocycles. The van der Waals surface area contributed by atoms with Crippen LogP contribution in [0.5, 0.6) is 0 Å². The van der Waals surface area contributed by atoms with Crippen molar-refractivity contribution < 1.29 is 17.9 Å². The number of aryl methyl sites for hydroxylation is 2. The van der Waals surface area contributed by atoms with E-state index in [1.807, 2.05) is 24.6 Å². The Morgan fingerprint density at radius 3 is 2.68 bits per heavy atom. The third-order valence-corrected chi connectivity index (χ3v) is 5.86. The first-order valence-corrected chi connectivity index (χ1v) is 10.2. The first-order valence-electron chi connectivity index (χ1n) is 8.36. The summed E-state index contributed by atoms with van der Waals surface area (Å²) in [5.74, 6) is 0. The second-order valence-electron chi connectivity index (χ2n) is 6.73. The van der Waals surface area contributed by atoms with Crippen molar-refractivity contribution in [3.63, 3.8) is 0 Å². The number of amides is 2. The van der Waals surface area contributed by atoms with Crippen molar-refractivity contribution in [3.8, 4) is 0 Å². The zero-order chi connectivity index (χ0) is 18.2. The number of aromatic nitrogens is 2. The summed E-state index contributed by atoms with van der Waals surface area (Å²) in [5.41, 5.74) is 2.07. The minimum absolute atomic E-state index is 0.155. The van der Waals surface area contributed by atoms with Crippen molar-refractivity contribution in [2.24, 2.45) is 0 Å². The molecule has 25 heavy (non-hydrogen) atoms. The van der Waals surface area contributed by atoms with Gasteiger partial charge in [-0.2, -0.15) is 9.40 Å². The lowest BCUT2D eigenvalue weighted by molar-refractivity contribution is 0.000149. The molecule has 0 aromatic carbocycles. The summed E-state index contributed by atoms with van der Waals surface area (Å²) >= 11 is 0. The summed E-state index contributed by atoms with van der Waals surface area (Å²) in [6.07, 6.45) is 0.869. The zero-order valence-corrected chi connectivity index (χ0v) is 15.6. The van der Waals surface area contributed by atoms with Gasteiger partial charge in [-0.15, -0.1) is 0 Å². The van der Waals surface area contributed by atoms with Gasteiger partial charge in [0.05, 0.1) is 30.7 Å². The molecule has 3 rings (SSSR count). The fraction of sp³-hybridized carbons (Fsp3) is 0.733. The predicted molar refractivity (Wildman–Crippen MR) is 91.9 cm³/mol. The standard InChI is InChI=1S/C15H25N5O4S/c1-11-6-12(2)20(17-11)13-8-18(9-13)15(21)16-7-14-10-19(4-5-24-14)25(3,22)23/h6,13-14H,4-5,7-10H2,1-3H3,(H,16,21). The van der Waals surface area contributed by atoms with E-state index in [1.165, 1.54) is 10.6 Å². The van der Waals surface area contributed by atoms with Crippen LogP contribution in [0.3, 0.4) is 0 Å². The molecule has 1 N–H and O–H groups in total. The number of rotatable bonds is 4. The van der Waals surface area contributed by atoms with Crippen LogP contribution < -0.4 is 5.32 Å². The van der Waals surface area contributed by atoms with Crippen LogP contribution >= 0.6 is 0 Å². The first-order chi connectivity index (χ1) is 11.7. The molecule has 2 amide bonds. The zero-order valence-electron chi connectivity index (χ0n) is 14.8. The molecule has 0 spiro atoms. The van der Waals surface area contributed by atoms with Gasteiger partial charge >= 0.3 is 6.03 Å². The van der Waals surface area contributed by atoms with Crippen molar-refractivity contribution in [3.05, 3.63) is 17.5 Å². The van der Waals surface area contributed by atoms with Crippen LogP contribution in [0.1, 0.15) is 17.4 Å². The van der Waals surface area contributed by atoms with Crippen molar-refractivity contribution in [2.45, 2.75) is 26.0 Å². The monoisotopic (exact) mass is 371 g/mol. The molecule has 0 saturated carbocycles. The van der Waals surface area contributed by atoms with E-state index in [2.05, 4.69) is 10.4 Å². The Labute approximate surface area is 148 Å². The molecule has 2 fully saturated rings. The number of nitrogens with zero attached hydrogens (tertiary/aromatic N) is 4. The van der Waals surface area contributed by atoms with E-state index in [0.29, 0.717) is 32.8 Å². The second-order valence-corrected chi connectivity index (χ2v) is 8.71. The lowest BCUT2D eigenvalue weighted by atomic mass is 10.1. The van der Waals surface area contributed by atoms with Crippen LogP contribution in [0.4, 0.5) is 4.79 Å². The van der Waals surface area contributed by atoms with Gasteiger partial charge in [0.1, 0.15) is 0 Å². The number of hydrogen-bond donors (Lipinski definition) is 1. The van der Waals surface area contributed by atoms with E-state index in [1.54, 1.807) is 4.90 Å². The van der Waals surface area contributed by atoms with Gasteiger partial charge in [0, 0.05) is 38.4 Å². The fourth-order valence-electron chi connectivity index (χ4n) is 3.22. The van der Waals surface area contributed by atoms with Gasteiger partial charge in [-0.25, -0.2) is 13.2 Å². The molecule has 3 heterocycles. The minimum atomic E-state index is -3.23. The molecular formula is C15H25N5O4S. The first kappa shape index (κ1) is 18.2. The van der Waals surface area contributed by atoms with Crippen LogP contribution in [0.25, 0.3) is 0 Å². The molecule has 10 heteroatoms. The van der Waals surface area contributed by atoms with Crippen LogP contribution in [0, 0.1) is 13.8 Å². The molecular weight excluding hydrogens is 346 g/mol. The summed E-state index contributed by atoms with van der Waals surface area (Å²) in [6.45, 7) is 6.48. The Bertz CT molecular complexity index is 741. The van der Waals surface area contributed by atoms with Crippen LogP contribution in [-0.2, 0) is 14.8 Å². The molecule has 140 valence electrons. The Morgan fingerprint density at radius 2 is 2.08 bits per heavy atom. The summed E-state index contributed by atoms with van der Waals surface area (Å²) < 4.78 is 32.1. The van der Waals surface area contributed by atoms with Crippen LogP contribution in [0.2, 0.25) is 0 Å². The van der Waals surface area contributed by atoms with Crippen molar-refractivity contribution >= 4 is 16.1 Å². The van der Waals surface area contributed by atoms with Crippen molar-refractivity contribution in [1.82, 2.24) is 24.3 Å². The lowest BCUT2D eigenvalue weighted by Gasteiger charge is -2.40. The average Bonchev–Trinajstić information content (AvgIpc) is 2.82. The van der Waals surface area contributed by atoms with Gasteiger partial charge < -0.3 is 15.0 Å². The van der Waals surface area contributed by atoms with Crippen molar-refractivity contribution in [1.29, 1.82) is 0 Å². The molecule has 2 saturated heterocycles. The topological polar surface area (TPSA) is 96.8 Å². The molecule has 0 bridgehead atoms. The fourth-order valence-corrected chi connectivity index (χ4v) is 4.06. The van der Waals surface area contributed by atoms with E-state index in [9.17, 15) is 13.2 Å². The maximum atomic E-state index is 12.2. The lowest BCUT2D eigenvalue weighted by Crippen LogP contribution is -2.56. The summed E-state index contributed by atoms with van der Waals surface area (Å²) in [6, 6.07) is 2.08. The summed E-state index contributed by atoms with van der Waals surface area (Å²) in [7, 11) is -3.23. The molecule has 0 aliphatic carbocycles. The van der Waals surface area contributed by atoms with Gasteiger partial charge in [0.25, 0.3) is 0 Å². The van der Waals surface area contributed by atoms with Gasteiger partial charge in [0.15, 0.2) is 0 Å². The van der Waals surface area contributed by atoms with E-state index < -0.39 is 10.0 Å². The highest BCUT2D eigenvalue weighted by atomic mass is 32.2. The highest BCUT2D eigenvalue weighted by Gasteiger charge is 2.34. The third-order valence-electron chi connectivity index (χ3n) is 4.59. The van der Waals surface area contributed by atoms with E-state index in [-0.39, 0.29) is 24.7 Å². The number of urea groups is 1. The molecule has 1 unspecified atom stereocenters. The molecule has 2 aliphatic rings. The molecule has 1 atom stereocenters.